The highest BCUT2D eigenvalue weighted by atomic mass is 35.5. The van der Waals surface area contributed by atoms with Crippen molar-refractivity contribution in [2.75, 3.05) is 31.1 Å². The van der Waals surface area contributed by atoms with Gasteiger partial charge in [0.05, 0.1) is 28.5 Å². The van der Waals surface area contributed by atoms with Crippen molar-refractivity contribution in [3.63, 3.8) is 0 Å². The average molecular weight is 632 g/mol. The van der Waals surface area contributed by atoms with Gasteiger partial charge >= 0.3 is 6.09 Å². The normalized spacial score (nSPS) is 23.1. The number of piperidine rings is 1. The van der Waals surface area contributed by atoms with Crippen LogP contribution in [-0.4, -0.2) is 53.9 Å². The topological polar surface area (TPSA) is 49.9 Å². The number of hydrogen-bond donors (Lipinski definition) is 0. The van der Waals surface area contributed by atoms with Crippen molar-refractivity contribution in [1.29, 1.82) is 0 Å². The van der Waals surface area contributed by atoms with Crippen molar-refractivity contribution >= 4 is 53.3 Å². The Balaban J connectivity index is 0.00000405. The maximum Gasteiger partial charge on any atom is 0.536 e. The van der Waals surface area contributed by atoms with E-state index in [1.807, 2.05) is 71.6 Å². The van der Waals surface area contributed by atoms with Gasteiger partial charge in [0.2, 0.25) is 5.91 Å². The molecule has 2 saturated heterocycles. The van der Waals surface area contributed by atoms with Gasteiger partial charge in [0.1, 0.15) is 19.7 Å². The Hall–Kier alpha value is -2.61. The fourth-order valence-electron chi connectivity index (χ4n) is 6.76. The first-order chi connectivity index (χ1) is 19.8. The van der Waals surface area contributed by atoms with Gasteiger partial charge in [-0.1, -0.05) is 91.1 Å². The van der Waals surface area contributed by atoms with Crippen LogP contribution in [0.3, 0.4) is 0 Å². The number of rotatable bonds is 8. The Bertz CT molecular complexity index is 1370. The maximum atomic E-state index is 14.0. The molecule has 0 aromatic heterocycles. The van der Waals surface area contributed by atoms with Gasteiger partial charge < -0.3 is 9.64 Å². The zero-order chi connectivity index (χ0) is 29.0. The van der Waals surface area contributed by atoms with Crippen molar-refractivity contribution in [3.8, 4) is 0 Å². The third kappa shape index (κ3) is 6.48. The molecule has 2 fully saturated rings. The van der Waals surface area contributed by atoms with E-state index in [0.717, 1.165) is 42.5 Å². The highest BCUT2D eigenvalue weighted by Gasteiger charge is 2.57. The van der Waals surface area contributed by atoms with E-state index in [9.17, 15) is 9.59 Å². The molecule has 0 radical (unpaired) electrons. The van der Waals surface area contributed by atoms with Gasteiger partial charge in [-0.25, -0.2) is 0 Å². The van der Waals surface area contributed by atoms with E-state index < -0.39 is 5.41 Å². The molecule has 9 heteroatoms. The molecule has 2 aliphatic heterocycles. The monoisotopic (exact) mass is 630 g/mol. The summed E-state index contributed by atoms with van der Waals surface area (Å²) in [6, 6.07) is 25.8. The lowest BCUT2D eigenvalue weighted by Crippen LogP contribution is -2.72. The molecular weight excluding hydrogens is 593 g/mol. The largest absolute Gasteiger partial charge is 0.536 e. The first kappa shape index (κ1) is 32.3. The molecule has 0 N–H and O–H groups in total. The number of nitrogens with zero attached hydrogens (tertiary/aromatic N) is 3. The molecule has 42 heavy (non-hydrogen) atoms. The highest BCUT2D eigenvalue weighted by Crippen LogP contribution is 2.42. The van der Waals surface area contributed by atoms with Gasteiger partial charge in [-0.05, 0) is 49.1 Å². The Morgan fingerprint density at radius 1 is 1.00 bits per heavy atom. The molecule has 0 spiro atoms. The van der Waals surface area contributed by atoms with Crippen molar-refractivity contribution in [1.82, 2.24) is 5.01 Å². The van der Waals surface area contributed by atoms with Crippen LogP contribution in [-0.2, 0) is 21.5 Å². The molecule has 0 aliphatic carbocycles. The molecule has 0 bridgehead atoms. The van der Waals surface area contributed by atoms with Gasteiger partial charge in [-0.15, -0.1) is 22.0 Å². The minimum Gasteiger partial charge on any atom is -0.417 e. The lowest BCUT2D eigenvalue weighted by molar-refractivity contribution is -0.992. The number of ether oxygens (including phenoxy) is 1. The number of hydrogen-bond acceptors (Lipinski definition) is 4. The third-order valence-corrected chi connectivity index (χ3v) is 9.38. The summed E-state index contributed by atoms with van der Waals surface area (Å²) in [6.45, 7) is 6.46. The van der Waals surface area contributed by atoms with Crippen LogP contribution < -0.4 is 4.90 Å². The molecule has 224 valence electrons. The van der Waals surface area contributed by atoms with Crippen LogP contribution in [0.1, 0.15) is 50.7 Å². The van der Waals surface area contributed by atoms with Crippen LogP contribution in [0.25, 0.3) is 0 Å². The van der Waals surface area contributed by atoms with Crippen LogP contribution in [0, 0.1) is 0 Å². The van der Waals surface area contributed by atoms with Gasteiger partial charge in [0, 0.05) is 24.2 Å². The smallest absolute Gasteiger partial charge is 0.417 e. The number of para-hydroxylation sites is 1. The molecule has 2 atom stereocenters. The van der Waals surface area contributed by atoms with Crippen molar-refractivity contribution in [2.24, 2.45) is 0 Å². The van der Waals surface area contributed by atoms with E-state index in [-0.39, 0.29) is 35.0 Å². The summed E-state index contributed by atoms with van der Waals surface area (Å²) < 4.78 is 6.22. The second kappa shape index (κ2) is 13.8. The van der Waals surface area contributed by atoms with Gasteiger partial charge in [-0.2, -0.15) is 4.79 Å². The molecule has 2 unspecified atom stereocenters. The molecule has 2 heterocycles. The SMILES string of the molecule is CCCC1(c2ccc(Cl)c(Cl)c2)COC(=O)[N+](Cc2ccccc2)(N2CCC(N(C(C)=O)c3ccccc3)CC2)C1.Cl. The summed E-state index contributed by atoms with van der Waals surface area (Å²) in [5, 5.41) is 3.29. The van der Waals surface area contributed by atoms with E-state index in [4.69, 9.17) is 27.9 Å². The zero-order valence-corrected chi connectivity index (χ0v) is 26.5. The number of benzene rings is 3. The number of anilines is 1. The molecular formula is C33H39Cl3N3O3+. The first-order valence-electron chi connectivity index (χ1n) is 14.4. The standard InChI is InChI=1S/C33H38Cl2N3O3.ClH/c1-3-18-33(27-14-15-30(34)31(35)21-27)23-38(32(40)41-24-33,22-26-10-6-4-7-11-26)36-19-16-29(17-20-36)37(25(2)39)28-12-8-5-9-13-28;/h4-15,21,29H,3,16-20,22-24H2,1-2H3;1H/q+1;. The van der Waals surface area contributed by atoms with Gasteiger partial charge in [0.15, 0.2) is 0 Å². The van der Waals surface area contributed by atoms with E-state index in [1.54, 1.807) is 6.92 Å². The third-order valence-electron chi connectivity index (χ3n) is 8.64. The van der Waals surface area contributed by atoms with Gasteiger partial charge in [0.25, 0.3) is 0 Å². The number of carbonyl (C=O) groups excluding carboxylic acids is 2. The Morgan fingerprint density at radius 2 is 1.64 bits per heavy atom. The van der Waals surface area contributed by atoms with E-state index >= 15 is 0 Å². The average Bonchev–Trinajstić information content (AvgIpc) is 2.98. The quantitative estimate of drug-likeness (QED) is 0.236. The molecule has 6 nitrogen and oxygen atoms in total. The summed E-state index contributed by atoms with van der Waals surface area (Å²) in [5.74, 6) is 0.0294. The molecule has 2 amide bonds. The van der Waals surface area contributed by atoms with Crippen molar-refractivity contribution in [2.45, 2.75) is 57.5 Å². The molecule has 5 rings (SSSR count). The highest BCUT2D eigenvalue weighted by molar-refractivity contribution is 6.42. The van der Waals surface area contributed by atoms with Crippen LogP contribution >= 0.6 is 35.6 Å². The number of halogens is 3. The number of quaternary nitrogens is 1. The van der Waals surface area contributed by atoms with Crippen molar-refractivity contribution in [3.05, 3.63) is 100 Å². The minimum atomic E-state index is -0.419. The first-order valence-corrected chi connectivity index (χ1v) is 15.2. The number of carbonyl (C=O) groups is 2. The summed E-state index contributed by atoms with van der Waals surface area (Å²) in [4.78, 5) is 28.7. The summed E-state index contributed by atoms with van der Waals surface area (Å²) in [7, 11) is 0. The predicted molar refractivity (Wildman–Crippen MR) is 171 cm³/mol. The van der Waals surface area contributed by atoms with E-state index in [2.05, 4.69) is 24.1 Å². The van der Waals surface area contributed by atoms with E-state index in [1.165, 1.54) is 0 Å². The summed E-state index contributed by atoms with van der Waals surface area (Å²) >= 11 is 12.8. The predicted octanol–water partition coefficient (Wildman–Crippen LogP) is 8.05. The summed E-state index contributed by atoms with van der Waals surface area (Å²) in [5.41, 5.74) is 2.60. The fraction of sp³-hybridized carbons (Fsp3) is 0.394. The van der Waals surface area contributed by atoms with Crippen LogP contribution in [0.5, 0.6) is 0 Å². The Morgan fingerprint density at radius 3 is 2.24 bits per heavy atom. The molecule has 3 aromatic carbocycles. The maximum absolute atomic E-state index is 14.0. The fourth-order valence-corrected chi connectivity index (χ4v) is 7.06. The lowest BCUT2D eigenvalue weighted by atomic mass is 9.75. The minimum absolute atomic E-state index is 0. The zero-order valence-electron chi connectivity index (χ0n) is 24.2. The molecule has 0 saturated carbocycles. The molecule has 2 aliphatic rings. The van der Waals surface area contributed by atoms with E-state index in [0.29, 0.717) is 42.8 Å². The lowest BCUT2D eigenvalue weighted by Gasteiger charge is -2.52. The van der Waals surface area contributed by atoms with Crippen LogP contribution in [0.4, 0.5) is 10.5 Å². The van der Waals surface area contributed by atoms with Crippen LogP contribution in [0.2, 0.25) is 10.0 Å². The summed E-state index contributed by atoms with van der Waals surface area (Å²) in [6.07, 6.45) is 3.05. The van der Waals surface area contributed by atoms with Crippen LogP contribution in [0.15, 0.2) is 78.9 Å². The number of amides is 2. The van der Waals surface area contributed by atoms with Crippen molar-refractivity contribution < 1.29 is 18.9 Å². The number of cyclic esters (lactones) is 1. The molecule has 3 aromatic rings. The Kier molecular flexibility index (Phi) is 10.6. The Labute approximate surface area is 265 Å². The second-order valence-corrected chi connectivity index (χ2v) is 12.2. The second-order valence-electron chi connectivity index (χ2n) is 11.3. The van der Waals surface area contributed by atoms with Gasteiger partial charge in [-0.3, -0.25) is 4.79 Å².